The molecule has 1 saturated carbocycles. The van der Waals surface area contributed by atoms with Crippen molar-refractivity contribution < 1.29 is 14.3 Å². The molecule has 4 rings (SSSR count). The number of amidine groups is 1. The van der Waals surface area contributed by atoms with Gasteiger partial charge in [-0.3, -0.25) is 14.6 Å². The van der Waals surface area contributed by atoms with Crippen molar-refractivity contribution in [1.29, 1.82) is 0 Å². The number of hydrogen-bond acceptors (Lipinski definition) is 7. The summed E-state index contributed by atoms with van der Waals surface area (Å²) >= 11 is 0. The van der Waals surface area contributed by atoms with Gasteiger partial charge in [-0.1, -0.05) is 77.5 Å². The molecule has 4 N–H and O–H groups in total. The van der Waals surface area contributed by atoms with Gasteiger partial charge in [-0.25, -0.2) is 4.99 Å². The van der Waals surface area contributed by atoms with Crippen LogP contribution in [0.1, 0.15) is 102 Å². The Bertz CT molecular complexity index is 1440. The molecule has 10 nitrogen and oxygen atoms in total. The number of nitrogens with zero attached hydrogens (tertiary/aromatic N) is 4. The predicted molar refractivity (Wildman–Crippen MR) is 206 cm³/mol. The van der Waals surface area contributed by atoms with E-state index in [-0.39, 0.29) is 18.6 Å². The van der Waals surface area contributed by atoms with Gasteiger partial charge in [-0.2, -0.15) is 0 Å². The van der Waals surface area contributed by atoms with E-state index in [2.05, 4.69) is 69.8 Å². The topological polar surface area (TPSA) is 109 Å². The van der Waals surface area contributed by atoms with Crippen LogP contribution in [-0.2, 0) is 22.6 Å². The van der Waals surface area contributed by atoms with Crippen LogP contribution in [-0.4, -0.2) is 91.7 Å². The number of piperazine rings is 1. The minimum atomic E-state index is 0.00529. The second-order valence-electron chi connectivity index (χ2n) is 14.0. The average molecular weight is 692 g/mol. The molecule has 1 aliphatic carbocycles. The average Bonchev–Trinajstić information content (AvgIpc) is 3.46. The minimum Gasteiger partial charge on any atom is -0.496 e. The van der Waals surface area contributed by atoms with E-state index < -0.39 is 0 Å². The van der Waals surface area contributed by atoms with Crippen molar-refractivity contribution in [3.63, 3.8) is 0 Å². The van der Waals surface area contributed by atoms with E-state index in [1.54, 1.807) is 7.11 Å². The quantitative estimate of drug-likeness (QED) is 0.114. The van der Waals surface area contributed by atoms with Crippen LogP contribution in [0.15, 0.2) is 35.5 Å². The van der Waals surface area contributed by atoms with Crippen molar-refractivity contribution in [2.75, 3.05) is 59.5 Å². The molecule has 2 aliphatic rings. The molecule has 1 aromatic heterocycles. The Morgan fingerprint density at radius 1 is 0.940 bits per heavy atom. The molecule has 2 aromatic rings. The molecular weight excluding hydrogens is 626 g/mol. The molecule has 2 heterocycles. The van der Waals surface area contributed by atoms with Gasteiger partial charge in [0, 0.05) is 70.5 Å². The Labute approximate surface area is 301 Å². The molecule has 0 bridgehead atoms. The van der Waals surface area contributed by atoms with Gasteiger partial charge in [0.15, 0.2) is 5.82 Å². The third-order valence-electron chi connectivity index (χ3n) is 9.92. The van der Waals surface area contributed by atoms with Crippen LogP contribution < -0.4 is 31.7 Å². The number of carbonyl (C=O) groups excluding carboxylic acids is 1. The van der Waals surface area contributed by atoms with Crippen molar-refractivity contribution in [2.45, 2.75) is 110 Å². The third-order valence-corrected chi connectivity index (χ3v) is 9.92. The van der Waals surface area contributed by atoms with E-state index >= 15 is 0 Å². The van der Waals surface area contributed by atoms with Crippen molar-refractivity contribution in [3.8, 4) is 5.75 Å². The fourth-order valence-corrected chi connectivity index (χ4v) is 6.97. The number of unbranched alkanes of at least 4 members (excludes halogenated alkanes) is 2. The van der Waals surface area contributed by atoms with Crippen molar-refractivity contribution in [1.82, 2.24) is 25.0 Å². The Morgan fingerprint density at radius 3 is 2.40 bits per heavy atom. The Kier molecular flexibility index (Phi) is 17.2. The molecule has 10 heteroatoms. The van der Waals surface area contributed by atoms with Crippen LogP contribution in [0.2, 0.25) is 0 Å². The van der Waals surface area contributed by atoms with Crippen molar-refractivity contribution in [2.24, 2.45) is 10.7 Å². The van der Waals surface area contributed by atoms with Gasteiger partial charge in [0.05, 0.1) is 25.1 Å². The Balaban J connectivity index is 1.28. The van der Waals surface area contributed by atoms with E-state index in [1.165, 1.54) is 50.5 Å². The van der Waals surface area contributed by atoms with Crippen molar-refractivity contribution >= 4 is 24.1 Å². The summed E-state index contributed by atoms with van der Waals surface area (Å²) in [6.07, 6.45) is 16.0. The molecule has 1 aromatic carbocycles. The van der Waals surface area contributed by atoms with Crippen LogP contribution in [0.4, 0.5) is 0 Å². The van der Waals surface area contributed by atoms with Gasteiger partial charge in [0.2, 0.25) is 5.91 Å². The van der Waals surface area contributed by atoms with E-state index in [0.29, 0.717) is 18.9 Å². The maximum Gasteiger partial charge on any atom is 0.246 e. The molecular formula is C40H65N7O3. The van der Waals surface area contributed by atoms with Gasteiger partial charge in [-0.05, 0) is 48.6 Å². The van der Waals surface area contributed by atoms with Gasteiger partial charge >= 0.3 is 0 Å². The highest BCUT2D eigenvalue weighted by atomic mass is 16.5. The first-order valence-corrected chi connectivity index (χ1v) is 19.3. The number of nitrogens with one attached hydrogen (secondary N) is 2. The maximum atomic E-state index is 12.4. The molecule has 1 saturated heterocycles. The molecule has 1 aliphatic heterocycles. The number of hydrogen-bond donors (Lipinski definition) is 3. The van der Waals surface area contributed by atoms with Crippen LogP contribution in [0.25, 0.3) is 12.4 Å². The number of ether oxygens (including phenoxy) is 2. The van der Waals surface area contributed by atoms with Crippen LogP contribution >= 0.6 is 0 Å². The van der Waals surface area contributed by atoms with Crippen LogP contribution in [0.5, 0.6) is 5.75 Å². The first-order valence-electron chi connectivity index (χ1n) is 19.3. The van der Waals surface area contributed by atoms with Crippen molar-refractivity contribution in [3.05, 3.63) is 52.2 Å². The summed E-state index contributed by atoms with van der Waals surface area (Å²) in [7, 11) is 1.75. The molecule has 1 amide bonds. The third kappa shape index (κ3) is 13.1. The number of carbonyl (C=O) groups is 1. The summed E-state index contributed by atoms with van der Waals surface area (Å²) < 4.78 is 14.1. The maximum absolute atomic E-state index is 12.4. The van der Waals surface area contributed by atoms with E-state index in [4.69, 9.17) is 20.2 Å². The lowest BCUT2D eigenvalue weighted by Crippen LogP contribution is -2.48. The molecule has 0 unspecified atom stereocenters. The van der Waals surface area contributed by atoms with Gasteiger partial charge in [0.25, 0.3) is 0 Å². The van der Waals surface area contributed by atoms with Crippen LogP contribution in [0.3, 0.4) is 0 Å². The SMILES string of the molecule is C=c1ccn(Cc2ccc(CN3CCN(CCNC(=O)COC4CCCCCCC4)CC3)cc2OC)/c1=C(/N=C(/N)CCC)NCCCCC. The van der Waals surface area contributed by atoms with Crippen LogP contribution in [0, 0.1) is 0 Å². The first-order chi connectivity index (χ1) is 24.4. The highest BCUT2D eigenvalue weighted by molar-refractivity contribution is 5.83. The zero-order chi connectivity index (χ0) is 35.6. The second kappa shape index (κ2) is 21.8. The monoisotopic (exact) mass is 692 g/mol. The van der Waals surface area contributed by atoms with E-state index in [1.807, 2.05) is 6.07 Å². The highest BCUT2D eigenvalue weighted by Crippen LogP contribution is 2.23. The summed E-state index contributed by atoms with van der Waals surface area (Å²) in [4.78, 5) is 22.1. The number of methoxy groups -OCH3 is 1. The zero-order valence-corrected chi connectivity index (χ0v) is 31.3. The van der Waals surface area contributed by atoms with Gasteiger partial charge in [0.1, 0.15) is 18.2 Å². The lowest BCUT2D eigenvalue weighted by Gasteiger charge is -2.34. The Morgan fingerprint density at radius 2 is 1.68 bits per heavy atom. The molecule has 50 heavy (non-hydrogen) atoms. The fraction of sp³-hybridized carbons (Fsp3) is 0.650. The van der Waals surface area contributed by atoms with Gasteiger partial charge < -0.3 is 30.4 Å². The molecule has 2 fully saturated rings. The number of benzene rings is 1. The van der Waals surface area contributed by atoms with Gasteiger partial charge in [-0.15, -0.1) is 0 Å². The summed E-state index contributed by atoms with van der Waals surface area (Å²) in [5.41, 5.74) is 8.65. The normalized spacial score (nSPS) is 17.6. The second-order valence-corrected chi connectivity index (χ2v) is 14.0. The molecule has 0 spiro atoms. The standard InChI is InChI=1S/C40H65N7O3/c1-5-7-13-20-43-40(44-37(41)14-6-2)39-32(3)19-22-47(39)30-34-18-17-33(28-36(34)49-4)29-46-26-24-45(25-27-46)23-21-42-38(48)31-50-35-15-11-9-8-10-12-16-35/h17-19,22,28,35,43H,3,5-16,20-21,23-27,29-31H2,1-2,4H3,(H2,41,44)(H,42,48)/b40-39+. The first kappa shape index (κ1) is 39.4. The predicted octanol–water partition coefficient (Wildman–Crippen LogP) is 4.32. The molecule has 278 valence electrons. The fourth-order valence-electron chi connectivity index (χ4n) is 6.97. The lowest BCUT2D eigenvalue weighted by molar-refractivity contribution is -0.128. The lowest BCUT2D eigenvalue weighted by atomic mass is 9.99. The molecule has 0 radical (unpaired) electrons. The Hall–Kier alpha value is -3.34. The smallest absolute Gasteiger partial charge is 0.246 e. The summed E-state index contributed by atoms with van der Waals surface area (Å²) in [6, 6.07) is 8.62. The number of aliphatic imine (C=N–C) groups is 1. The summed E-state index contributed by atoms with van der Waals surface area (Å²) in [5.74, 6) is 2.30. The summed E-state index contributed by atoms with van der Waals surface area (Å²) in [5, 5.41) is 8.51. The zero-order valence-electron chi connectivity index (χ0n) is 31.3. The number of amides is 1. The van der Waals surface area contributed by atoms with E-state index in [9.17, 15) is 4.79 Å². The highest BCUT2D eigenvalue weighted by Gasteiger charge is 2.19. The summed E-state index contributed by atoms with van der Waals surface area (Å²) in [6.45, 7) is 16.7. The van der Waals surface area contributed by atoms with E-state index in [0.717, 1.165) is 106 Å². The minimum absolute atomic E-state index is 0.00529. The molecule has 0 atom stereocenters. The number of nitrogens with two attached hydrogens (primary N) is 1. The largest absolute Gasteiger partial charge is 0.496 e. The number of aromatic nitrogens is 1. The number of rotatable bonds is 19.